The van der Waals surface area contributed by atoms with Crippen LogP contribution in [-0.4, -0.2) is 33.9 Å². The van der Waals surface area contributed by atoms with Crippen molar-refractivity contribution >= 4 is 17.5 Å². The van der Waals surface area contributed by atoms with Crippen molar-refractivity contribution in [1.29, 1.82) is 0 Å². The van der Waals surface area contributed by atoms with Crippen molar-refractivity contribution in [3.05, 3.63) is 65.6 Å². The summed E-state index contributed by atoms with van der Waals surface area (Å²) in [5.41, 5.74) is 1.63. The largest absolute Gasteiger partial charge is 0.337 e. The van der Waals surface area contributed by atoms with E-state index in [-0.39, 0.29) is 18.1 Å². The normalized spacial score (nSPS) is 10.6. The number of aryl methyl sites for hydroxylation is 1. The van der Waals surface area contributed by atoms with Crippen LogP contribution in [-0.2, 0) is 16.1 Å². The van der Waals surface area contributed by atoms with Gasteiger partial charge >= 0.3 is 11.8 Å². The zero-order chi connectivity index (χ0) is 20.3. The van der Waals surface area contributed by atoms with Crippen molar-refractivity contribution in [1.82, 2.24) is 15.0 Å². The van der Waals surface area contributed by atoms with Gasteiger partial charge in [-0.25, -0.2) is 8.78 Å². The number of nitrogens with zero attached hydrogens (tertiary/aromatic N) is 3. The number of likely N-dealkylation sites (N-methyl/N-ethyl adjacent to an activating group) is 1. The highest BCUT2D eigenvalue weighted by Gasteiger charge is 2.21. The summed E-state index contributed by atoms with van der Waals surface area (Å²) in [7, 11) is 1.37. The molecule has 3 aromatic rings. The molecular weight excluding hydrogens is 370 g/mol. The topological polar surface area (TPSA) is 88.3 Å². The molecule has 0 saturated carbocycles. The average molecular weight is 386 g/mol. The quantitative estimate of drug-likeness (QED) is 0.697. The second-order valence-corrected chi connectivity index (χ2v) is 6.15. The molecule has 0 spiro atoms. The number of anilines is 1. The first-order valence-electron chi connectivity index (χ1n) is 8.24. The number of carbonyl (C=O) groups excluding carboxylic acids is 2. The fraction of sp³-hybridized carbons (Fsp3) is 0.158. The van der Waals surface area contributed by atoms with Crippen LogP contribution in [0.5, 0.6) is 0 Å². The second kappa shape index (κ2) is 7.95. The van der Waals surface area contributed by atoms with Gasteiger partial charge in [0.05, 0.1) is 0 Å². The van der Waals surface area contributed by atoms with E-state index in [0.29, 0.717) is 11.9 Å². The SMILES string of the molecule is Cc1cccc(-c2noc(CN(C)C(=O)C(=O)Nc3cc(F)cc(F)c3)n2)c1. The lowest BCUT2D eigenvalue weighted by Crippen LogP contribution is -2.36. The molecule has 0 bridgehead atoms. The monoisotopic (exact) mass is 386 g/mol. The molecule has 7 nitrogen and oxygen atoms in total. The van der Waals surface area contributed by atoms with E-state index in [9.17, 15) is 18.4 Å². The van der Waals surface area contributed by atoms with Crippen LogP contribution in [0.1, 0.15) is 11.5 Å². The van der Waals surface area contributed by atoms with Gasteiger partial charge in [0.2, 0.25) is 11.7 Å². The molecule has 0 atom stereocenters. The summed E-state index contributed by atoms with van der Waals surface area (Å²) in [5.74, 6) is -3.22. The van der Waals surface area contributed by atoms with E-state index < -0.39 is 23.4 Å². The lowest BCUT2D eigenvalue weighted by Gasteiger charge is -2.14. The van der Waals surface area contributed by atoms with E-state index in [2.05, 4.69) is 15.5 Å². The molecule has 0 saturated heterocycles. The van der Waals surface area contributed by atoms with Gasteiger partial charge in [0.15, 0.2) is 0 Å². The maximum Gasteiger partial charge on any atom is 0.313 e. The van der Waals surface area contributed by atoms with Gasteiger partial charge in [-0.15, -0.1) is 0 Å². The first kappa shape index (κ1) is 19.2. The van der Waals surface area contributed by atoms with E-state index in [4.69, 9.17) is 4.52 Å². The number of hydrogen-bond acceptors (Lipinski definition) is 5. The Morgan fingerprint density at radius 3 is 2.54 bits per heavy atom. The second-order valence-electron chi connectivity index (χ2n) is 6.15. The summed E-state index contributed by atoms with van der Waals surface area (Å²) in [6, 6.07) is 9.96. The van der Waals surface area contributed by atoms with Crippen LogP contribution < -0.4 is 5.32 Å². The molecule has 3 rings (SSSR count). The molecule has 0 aliphatic carbocycles. The molecule has 0 aliphatic heterocycles. The third-order valence-corrected chi connectivity index (χ3v) is 3.78. The molecule has 0 radical (unpaired) electrons. The Hall–Kier alpha value is -3.62. The third kappa shape index (κ3) is 4.56. The Balaban J connectivity index is 1.64. The molecular formula is C19H16F2N4O3. The van der Waals surface area contributed by atoms with E-state index in [1.54, 1.807) is 0 Å². The third-order valence-electron chi connectivity index (χ3n) is 3.78. The van der Waals surface area contributed by atoms with E-state index >= 15 is 0 Å². The molecule has 2 amide bonds. The molecule has 2 aromatic carbocycles. The van der Waals surface area contributed by atoms with Crippen LogP contribution in [0.4, 0.5) is 14.5 Å². The van der Waals surface area contributed by atoms with Crippen LogP contribution in [0.3, 0.4) is 0 Å². The Bertz CT molecular complexity index is 1020. The molecule has 0 aliphatic rings. The molecule has 1 aromatic heterocycles. The number of hydrogen-bond donors (Lipinski definition) is 1. The van der Waals surface area contributed by atoms with Crippen molar-refractivity contribution < 1.29 is 22.9 Å². The molecule has 28 heavy (non-hydrogen) atoms. The van der Waals surface area contributed by atoms with E-state index in [1.165, 1.54) is 7.05 Å². The summed E-state index contributed by atoms with van der Waals surface area (Å²) in [4.78, 5) is 29.5. The number of nitrogens with one attached hydrogen (secondary N) is 1. The van der Waals surface area contributed by atoms with Gasteiger partial charge in [-0.05, 0) is 25.1 Å². The van der Waals surface area contributed by atoms with Crippen molar-refractivity contribution in [3.63, 3.8) is 0 Å². The van der Waals surface area contributed by atoms with Crippen molar-refractivity contribution in [2.75, 3.05) is 12.4 Å². The standard InChI is InChI=1S/C19H16F2N4O3/c1-11-4-3-5-12(6-11)17-23-16(28-24-17)10-25(2)19(27)18(26)22-15-8-13(20)7-14(21)9-15/h3-9H,10H2,1-2H3,(H,22,26). The van der Waals surface area contributed by atoms with Gasteiger partial charge in [-0.2, -0.15) is 4.98 Å². The molecule has 1 N–H and O–H groups in total. The van der Waals surface area contributed by atoms with Gasteiger partial charge in [0.25, 0.3) is 0 Å². The maximum atomic E-state index is 13.2. The highest BCUT2D eigenvalue weighted by Crippen LogP contribution is 2.17. The minimum atomic E-state index is -1.05. The molecule has 0 fully saturated rings. The van der Waals surface area contributed by atoms with Crippen LogP contribution in [0, 0.1) is 18.6 Å². The van der Waals surface area contributed by atoms with Gasteiger partial charge in [0, 0.05) is 24.4 Å². The summed E-state index contributed by atoms with van der Waals surface area (Å²) in [5, 5.41) is 6.01. The number of rotatable bonds is 4. The molecule has 144 valence electrons. The Morgan fingerprint density at radius 2 is 1.86 bits per heavy atom. The van der Waals surface area contributed by atoms with Crippen LogP contribution >= 0.6 is 0 Å². The summed E-state index contributed by atoms with van der Waals surface area (Å²) in [6.07, 6.45) is 0. The Labute approximate surface area is 159 Å². The minimum absolute atomic E-state index is 0.109. The highest BCUT2D eigenvalue weighted by atomic mass is 19.1. The van der Waals surface area contributed by atoms with Gasteiger partial charge in [-0.1, -0.05) is 28.9 Å². The predicted octanol–water partition coefficient (Wildman–Crippen LogP) is 2.92. The number of carbonyl (C=O) groups is 2. The molecule has 1 heterocycles. The minimum Gasteiger partial charge on any atom is -0.337 e. The van der Waals surface area contributed by atoms with Gasteiger partial charge in [-0.3, -0.25) is 9.59 Å². The molecule has 0 unspecified atom stereocenters. The number of halogens is 2. The predicted molar refractivity (Wildman–Crippen MR) is 95.9 cm³/mol. The van der Waals surface area contributed by atoms with E-state index in [0.717, 1.165) is 28.2 Å². The maximum absolute atomic E-state index is 13.2. The number of benzene rings is 2. The van der Waals surface area contributed by atoms with Crippen LogP contribution in [0.25, 0.3) is 11.4 Å². The first-order chi connectivity index (χ1) is 13.3. The number of aromatic nitrogens is 2. The summed E-state index contributed by atoms with van der Waals surface area (Å²) >= 11 is 0. The first-order valence-corrected chi connectivity index (χ1v) is 8.24. The van der Waals surface area contributed by atoms with E-state index in [1.807, 2.05) is 31.2 Å². The van der Waals surface area contributed by atoms with Crippen LogP contribution in [0.15, 0.2) is 47.0 Å². The summed E-state index contributed by atoms with van der Waals surface area (Å²) in [6.45, 7) is 1.82. The zero-order valence-electron chi connectivity index (χ0n) is 15.1. The zero-order valence-corrected chi connectivity index (χ0v) is 15.1. The van der Waals surface area contributed by atoms with Crippen molar-refractivity contribution in [2.45, 2.75) is 13.5 Å². The Kier molecular flexibility index (Phi) is 5.44. The fourth-order valence-electron chi connectivity index (χ4n) is 2.48. The van der Waals surface area contributed by atoms with Gasteiger partial charge in [0.1, 0.15) is 18.2 Å². The Morgan fingerprint density at radius 1 is 1.14 bits per heavy atom. The lowest BCUT2D eigenvalue weighted by molar-refractivity contribution is -0.142. The van der Waals surface area contributed by atoms with Gasteiger partial charge < -0.3 is 14.7 Å². The number of amides is 2. The van der Waals surface area contributed by atoms with Crippen LogP contribution in [0.2, 0.25) is 0 Å². The molecule has 9 heteroatoms. The smallest absolute Gasteiger partial charge is 0.313 e. The average Bonchev–Trinajstić information content (AvgIpc) is 3.08. The summed E-state index contributed by atoms with van der Waals surface area (Å²) < 4.78 is 31.5. The fourth-order valence-corrected chi connectivity index (χ4v) is 2.48. The highest BCUT2D eigenvalue weighted by molar-refractivity contribution is 6.39. The van der Waals surface area contributed by atoms with Crippen molar-refractivity contribution in [3.8, 4) is 11.4 Å². The van der Waals surface area contributed by atoms with Crippen molar-refractivity contribution in [2.24, 2.45) is 0 Å². The lowest BCUT2D eigenvalue weighted by atomic mass is 10.1.